The first-order valence-corrected chi connectivity index (χ1v) is 10.9. The number of benzene rings is 3. The molecule has 0 bridgehead atoms. The smallest absolute Gasteiger partial charge is 0.281 e. The zero-order valence-electron chi connectivity index (χ0n) is 18.7. The Kier molecular flexibility index (Phi) is 7.01. The molecule has 3 aromatic rings. The molecule has 1 aliphatic rings. The van der Waals surface area contributed by atoms with Gasteiger partial charge in [0.25, 0.3) is 17.7 Å². The predicted molar refractivity (Wildman–Crippen MR) is 127 cm³/mol. The second-order valence-corrected chi connectivity index (χ2v) is 7.98. The third-order valence-electron chi connectivity index (χ3n) is 5.49. The number of amides is 3. The number of carbonyl (C=O) groups is 3. The molecule has 8 heteroatoms. The SMILES string of the molecule is Cc1ccc(C(=O)Nc2cc(C(=O)N3CCOCC3)cc(N(O)C(=O)c3ccccc3)c2)cc1. The Hall–Kier alpha value is -4.01. The first-order chi connectivity index (χ1) is 16.4. The van der Waals surface area contributed by atoms with Gasteiger partial charge in [0.05, 0.1) is 18.9 Å². The van der Waals surface area contributed by atoms with Crippen LogP contribution >= 0.6 is 0 Å². The van der Waals surface area contributed by atoms with Crippen LogP contribution in [0, 0.1) is 6.92 Å². The second-order valence-electron chi connectivity index (χ2n) is 7.98. The molecule has 1 aliphatic heterocycles. The van der Waals surface area contributed by atoms with Crippen molar-refractivity contribution in [1.82, 2.24) is 4.90 Å². The van der Waals surface area contributed by atoms with E-state index in [1.165, 1.54) is 18.2 Å². The fraction of sp³-hybridized carbons (Fsp3) is 0.192. The van der Waals surface area contributed by atoms with Crippen molar-refractivity contribution in [3.63, 3.8) is 0 Å². The Bertz CT molecular complexity index is 1190. The maximum absolute atomic E-state index is 13.1. The number of ether oxygens (including phenoxy) is 1. The highest BCUT2D eigenvalue weighted by molar-refractivity contribution is 6.08. The molecule has 1 heterocycles. The van der Waals surface area contributed by atoms with Gasteiger partial charge in [-0.2, -0.15) is 5.06 Å². The second kappa shape index (κ2) is 10.3. The maximum Gasteiger partial charge on any atom is 0.281 e. The van der Waals surface area contributed by atoms with Gasteiger partial charge in [0.1, 0.15) is 0 Å². The molecule has 0 saturated carbocycles. The summed E-state index contributed by atoms with van der Waals surface area (Å²) in [4.78, 5) is 40.3. The van der Waals surface area contributed by atoms with Gasteiger partial charge in [-0.1, -0.05) is 35.9 Å². The lowest BCUT2D eigenvalue weighted by molar-refractivity contribution is 0.0303. The minimum atomic E-state index is -0.660. The van der Waals surface area contributed by atoms with Crippen LogP contribution in [0.5, 0.6) is 0 Å². The molecule has 3 amide bonds. The quantitative estimate of drug-likeness (QED) is 0.447. The van der Waals surface area contributed by atoms with Crippen molar-refractivity contribution >= 4 is 29.1 Å². The molecular formula is C26H25N3O5. The van der Waals surface area contributed by atoms with Gasteiger partial charge in [0.2, 0.25) is 0 Å². The Morgan fingerprint density at radius 2 is 1.56 bits per heavy atom. The average Bonchev–Trinajstić information content (AvgIpc) is 2.88. The minimum absolute atomic E-state index is 0.0622. The summed E-state index contributed by atoms with van der Waals surface area (Å²) in [5, 5.41) is 13.9. The molecule has 0 aliphatic carbocycles. The van der Waals surface area contributed by atoms with Gasteiger partial charge >= 0.3 is 0 Å². The Morgan fingerprint density at radius 3 is 2.24 bits per heavy atom. The van der Waals surface area contributed by atoms with Crippen LogP contribution in [0.3, 0.4) is 0 Å². The molecule has 174 valence electrons. The molecular weight excluding hydrogens is 434 g/mol. The Labute approximate surface area is 197 Å². The lowest BCUT2D eigenvalue weighted by Crippen LogP contribution is -2.40. The van der Waals surface area contributed by atoms with Crippen LogP contribution in [0.4, 0.5) is 11.4 Å². The molecule has 0 unspecified atom stereocenters. The summed E-state index contributed by atoms with van der Waals surface area (Å²) in [6.45, 7) is 3.65. The van der Waals surface area contributed by atoms with E-state index in [1.54, 1.807) is 47.4 Å². The number of nitrogens with one attached hydrogen (secondary N) is 1. The average molecular weight is 460 g/mol. The first kappa shape index (κ1) is 23.2. The van der Waals surface area contributed by atoms with Crippen LogP contribution in [0.15, 0.2) is 72.8 Å². The molecule has 0 spiro atoms. The summed E-state index contributed by atoms with van der Waals surface area (Å²) >= 11 is 0. The number of morpholine rings is 1. The summed E-state index contributed by atoms with van der Waals surface area (Å²) in [7, 11) is 0. The van der Waals surface area contributed by atoms with Crippen molar-refractivity contribution in [3.05, 3.63) is 95.1 Å². The standard InChI is InChI=1S/C26H25N3O5/c1-18-7-9-19(10-8-18)24(30)27-22-15-21(25(31)28-11-13-34-14-12-28)16-23(17-22)29(33)26(32)20-5-3-2-4-6-20/h2-10,15-17,33H,11-14H2,1H3,(H,27,30). The van der Waals surface area contributed by atoms with E-state index in [2.05, 4.69) is 5.32 Å². The van der Waals surface area contributed by atoms with Crippen molar-refractivity contribution in [3.8, 4) is 0 Å². The van der Waals surface area contributed by atoms with E-state index in [4.69, 9.17) is 4.74 Å². The summed E-state index contributed by atoms with van der Waals surface area (Å²) < 4.78 is 5.32. The maximum atomic E-state index is 13.1. The largest absolute Gasteiger partial charge is 0.378 e. The number of nitrogens with zero attached hydrogens (tertiary/aromatic N) is 2. The van der Waals surface area contributed by atoms with E-state index in [1.807, 2.05) is 19.1 Å². The minimum Gasteiger partial charge on any atom is -0.378 e. The molecule has 0 aromatic heterocycles. The van der Waals surface area contributed by atoms with E-state index in [9.17, 15) is 19.6 Å². The Morgan fingerprint density at radius 1 is 0.882 bits per heavy atom. The van der Waals surface area contributed by atoms with E-state index in [0.717, 1.165) is 5.56 Å². The van der Waals surface area contributed by atoms with Gasteiger partial charge in [0.15, 0.2) is 0 Å². The number of aryl methyl sites for hydroxylation is 1. The molecule has 0 radical (unpaired) electrons. The number of rotatable bonds is 5. The van der Waals surface area contributed by atoms with Crippen molar-refractivity contribution in [2.24, 2.45) is 0 Å². The normalized spacial score (nSPS) is 13.3. The lowest BCUT2D eigenvalue weighted by Gasteiger charge is -2.27. The predicted octanol–water partition coefficient (Wildman–Crippen LogP) is 3.76. The summed E-state index contributed by atoms with van der Waals surface area (Å²) in [6.07, 6.45) is 0. The lowest BCUT2D eigenvalue weighted by atomic mass is 10.1. The van der Waals surface area contributed by atoms with Gasteiger partial charge in [-0.05, 0) is 49.4 Å². The number of hydrogen-bond acceptors (Lipinski definition) is 5. The van der Waals surface area contributed by atoms with Crippen molar-refractivity contribution in [1.29, 1.82) is 0 Å². The fourth-order valence-corrected chi connectivity index (χ4v) is 3.61. The highest BCUT2D eigenvalue weighted by Crippen LogP contribution is 2.25. The van der Waals surface area contributed by atoms with E-state index in [0.29, 0.717) is 36.9 Å². The summed E-state index contributed by atoms with van der Waals surface area (Å²) in [5.74, 6) is -1.32. The molecule has 3 aromatic carbocycles. The van der Waals surface area contributed by atoms with Crippen LogP contribution in [-0.2, 0) is 4.74 Å². The van der Waals surface area contributed by atoms with Crippen molar-refractivity contribution in [2.45, 2.75) is 6.92 Å². The van der Waals surface area contributed by atoms with E-state index < -0.39 is 5.91 Å². The monoisotopic (exact) mass is 459 g/mol. The number of carbonyl (C=O) groups excluding carboxylic acids is 3. The zero-order valence-corrected chi connectivity index (χ0v) is 18.7. The third kappa shape index (κ3) is 5.31. The van der Waals surface area contributed by atoms with Gasteiger partial charge in [-0.25, -0.2) is 0 Å². The number of hydrogen-bond donors (Lipinski definition) is 2. The molecule has 0 atom stereocenters. The van der Waals surface area contributed by atoms with Gasteiger partial charge in [0, 0.05) is 35.5 Å². The molecule has 8 nitrogen and oxygen atoms in total. The molecule has 1 fully saturated rings. The summed E-state index contributed by atoms with van der Waals surface area (Å²) in [6, 6.07) is 19.8. The molecule has 4 rings (SSSR count). The fourth-order valence-electron chi connectivity index (χ4n) is 3.61. The molecule has 2 N–H and O–H groups in total. The van der Waals surface area contributed by atoms with Crippen molar-refractivity contribution < 1.29 is 24.3 Å². The van der Waals surface area contributed by atoms with Crippen LogP contribution < -0.4 is 10.4 Å². The third-order valence-corrected chi connectivity index (χ3v) is 5.49. The topological polar surface area (TPSA) is 99.2 Å². The number of hydroxylamine groups is 1. The van der Waals surface area contributed by atoms with Crippen molar-refractivity contribution in [2.75, 3.05) is 36.7 Å². The summed E-state index contributed by atoms with van der Waals surface area (Å²) in [5.41, 5.74) is 2.32. The molecule has 34 heavy (non-hydrogen) atoms. The number of anilines is 2. The highest BCUT2D eigenvalue weighted by Gasteiger charge is 2.23. The molecule has 1 saturated heterocycles. The van der Waals surface area contributed by atoms with Crippen LogP contribution in [-0.4, -0.2) is 54.1 Å². The van der Waals surface area contributed by atoms with Crippen LogP contribution in [0.1, 0.15) is 36.6 Å². The Balaban J connectivity index is 1.66. The highest BCUT2D eigenvalue weighted by atomic mass is 16.5. The first-order valence-electron chi connectivity index (χ1n) is 10.9. The van der Waals surface area contributed by atoms with Gasteiger partial charge < -0.3 is 15.0 Å². The van der Waals surface area contributed by atoms with Gasteiger partial charge in [-0.15, -0.1) is 0 Å². The van der Waals surface area contributed by atoms with E-state index in [-0.39, 0.29) is 34.3 Å². The zero-order chi connectivity index (χ0) is 24.1. The van der Waals surface area contributed by atoms with Crippen LogP contribution in [0.2, 0.25) is 0 Å². The van der Waals surface area contributed by atoms with Gasteiger partial charge in [-0.3, -0.25) is 19.6 Å². The van der Waals surface area contributed by atoms with E-state index >= 15 is 0 Å². The van der Waals surface area contributed by atoms with Crippen LogP contribution in [0.25, 0.3) is 0 Å².